The van der Waals surface area contributed by atoms with Crippen molar-refractivity contribution in [2.45, 2.75) is 38.1 Å². The Morgan fingerprint density at radius 2 is 2.04 bits per heavy atom. The van der Waals surface area contributed by atoms with Gasteiger partial charge in [-0.1, -0.05) is 31.2 Å². The highest BCUT2D eigenvalue weighted by atomic mass is 16.5. The van der Waals surface area contributed by atoms with Crippen LogP contribution in [0.1, 0.15) is 31.2 Å². The molecule has 1 unspecified atom stereocenters. The van der Waals surface area contributed by atoms with Gasteiger partial charge in [0.05, 0.1) is 6.61 Å². The summed E-state index contributed by atoms with van der Waals surface area (Å²) in [7, 11) is 0. The number of carbonyl (C=O) groups excluding carboxylic acids is 2. The number of carbonyl (C=O) groups is 2. The Hall–Kier alpha value is -2.34. The maximum Gasteiger partial charge on any atom is 0.411 e. The van der Waals surface area contributed by atoms with Gasteiger partial charge in [0, 0.05) is 5.69 Å². The molecular formula is C19H26N2O4. The molecule has 1 aliphatic heterocycles. The first-order valence-electron chi connectivity index (χ1n) is 8.72. The average molecular weight is 346 g/mol. The van der Waals surface area contributed by atoms with Crippen LogP contribution in [-0.2, 0) is 20.7 Å². The number of aryl methyl sites for hydroxylation is 1. The lowest BCUT2D eigenvalue weighted by molar-refractivity contribution is -0.146. The van der Waals surface area contributed by atoms with Gasteiger partial charge in [0.25, 0.3) is 0 Å². The third-order valence-electron chi connectivity index (χ3n) is 3.98. The predicted octanol–water partition coefficient (Wildman–Crippen LogP) is 3.04. The molecule has 1 aromatic rings. The van der Waals surface area contributed by atoms with E-state index in [4.69, 9.17) is 9.47 Å². The van der Waals surface area contributed by atoms with Crippen LogP contribution < -0.4 is 10.6 Å². The zero-order valence-electron chi connectivity index (χ0n) is 14.5. The summed E-state index contributed by atoms with van der Waals surface area (Å²) in [5.74, 6) is -0.141. The third kappa shape index (κ3) is 6.97. The molecule has 1 atom stereocenters. The molecular weight excluding hydrogens is 320 g/mol. The van der Waals surface area contributed by atoms with E-state index in [1.165, 1.54) is 6.08 Å². The van der Waals surface area contributed by atoms with Crippen LogP contribution in [0.4, 0.5) is 10.5 Å². The number of benzene rings is 1. The number of amides is 1. The van der Waals surface area contributed by atoms with Crippen molar-refractivity contribution < 1.29 is 19.1 Å². The Labute approximate surface area is 148 Å². The molecule has 0 radical (unpaired) electrons. The van der Waals surface area contributed by atoms with Crippen molar-refractivity contribution >= 4 is 17.7 Å². The van der Waals surface area contributed by atoms with E-state index in [2.05, 4.69) is 17.2 Å². The van der Waals surface area contributed by atoms with Crippen LogP contribution in [0.2, 0.25) is 0 Å². The number of piperidine rings is 1. The Kier molecular flexibility index (Phi) is 7.98. The molecule has 1 aliphatic rings. The minimum Gasteiger partial charge on any atom is -0.465 e. The number of esters is 1. The first kappa shape index (κ1) is 19.0. The van der Waals surface area contributed by atoms with E-state index >= 15 is 0 Å². The molecule has 6 heteroatoms. The number of hydrogen-bond acceptors (Lipinski definition) is 5. The summed E-state index contributed by atoms with van der Waals surface area (Å²) in [6.07, 6.45) is 5.66. The summed E-state index contributed by atoms with van der Waals surface area (Å²) in [6.45, 7) is 4.98. The van der Waals surface area contributed by atoms with Crippen LogP contribution in [-0.4, -0.2) is 37.9 Å². The van der Waals surface area contributed by atoms with Crippen LogP contribution in [0, 0.1) is 0 Å². The monoisotopic (exact) mass is 346 g/mol. The smallest absolute Gasteiger partial charge is 0.411 e. The van der Waals surface area contributed by atoms with Crippen molar-refractivity contribution in [1.29, 1.82) is 0 Å². The maximum absolute atomic E-state index is 11.9. The van der Waals surface area contributed by atoms with Crippen molar-refractivity contribution in [1.82, 2.24) is 5.32 Å². The fourth-order valence-electron chi connectivity index (χ4n) is 2.65. The fraction of sp³-hybridized carbons (Fsp3) is 0.474. The molecule has 0 saturated carbocycles. The number of anilines is 1. The standard InChI is InChI=1S/C19H26N2O4/c1-2-13-25-19(23)21-16-10-8-15(9-11-16)6-5-14-24-18(22)17-7-3-4-12-20-17/h2,8-11,17,20H,1,3-7,12-14H2,(H,21,23). The normalized spacial score (nSPS) is 16.7. The van der Waals surface area contributed by atoms with Gasteiger partial charge in [-0.3, -0.25) is 10.1 Å². The molecule has 1 amide bonds. The van der Waals surface area contributed by atoms with Crippen molar-refractivity contribution in [3.63, 3.8) is 0 Å². The molecule has 6 nitrogen and oxygen atoms in total. The molecule has 136 valence electrons. The van der Waals surface area contributed by atoms with E-state index in [0.29, 0.717) is 12.3 Å². The van der Waals surface area contributed by atoms with Gasteiger partial charge in [0.15, 0.2) is 0 Å². The molecule has 0 bridgehead atoms. The van der Waals surface area contributed by atoms with Gasteiger partial charge in [-0.25, -0.2) is 4.79 Å². The number of hydrogen-bond donors (Lipinski definition) is 2. The molecule has 0 aromatic heterocycles. The zero-order chi connectivity index (χ0) is 17.9. The quantitative estimate of drug-likeness (QED) is 0.430. The van der Waals surface area contributed by atoms with Crippen LogP contribution in [0.5, 0.6) is 0 Å². The average Bonchev–Trinajstić information content (AvgIpc) is 2.65. The number of ether oxygens (including phenoxy) is 2. The van der Waals surface area contributed by atoms with Gasteiger partial charge < -0.3 is 14.8 Å². The minimum atomic E-state index is -0.504. The van der Waals surface area contributed by atoms with Gasteiger partial charge in [0.1, 0.15) is 12.6 Å². The predicted molar refractivity (Wildman–Crippen MR) is 96.5 cm³/mol. The summed E-state index contributed by atoms with van der Waals surface area (Å²) in [4.78, 5) is 23.3. The van der Waals surface area contributed by atoms with Gasteiger partial charge in [-0.05, 0) is 49.9 Å². The third-order valence-corrected chi connectivity index (χ3v) is 3.98. The highest BCUT2D eigenvalue weighted by Crippen LogP contribution is 2.12. The van der Waals surface area contributed by atoms with Crippen molar-refractivity contribution in [3.8, 4) is 0 Å². The van der Waals surface area contributed by atoms with E-state index in [-0.39, 0.29) is 18.6 Å². The van der Waals surface area contributed by atoms with E-state index in [1.54, 1.807) is 0 Å². The lowest BCUT2D eigenvalue weighted by Gasteiger charge is -2.21. The van der Waals surface area contributed by atoms with Gasteiger partial charge >= 0.3 is 12.1 Å². The summed E-state index contributed by atoms with van der Waals surface area (Å²) in [6, 6.07) is 7.38. The second-order valence-corrected chi connectivity index (χ2v) is 5.98. The molecule has 1 fully saturated rings. The van der Waals surface area contributed by atoms with Crippen LogP contribution in [0.25, 0.3) is 0 Å². The summed E-state index contributed by atoms with van der Waals surface area (Å²) >= 11 is 0. The highest BCUT2D eigenvalue weighted by Gasteiger charge is 2.21. The summed E-state index contributed by atoms with van der Waals surface area (Å²) in [5.41, 5.74) is 1.80. The Morgan fingerprint density at radius 1 is 1.24 bits per heavy atom. The second-order valence-electron chi connectivity index (χ2n) is 5.98. The van der Waals surface area contributed by atoms with E-state index in [0.717, 1.165) is 44.2 Å². The van der Waals surface area contributed by atoms with Crippen molar-refractivity contribution in [3.05, 3.63) is 42.5 Å². The summed E-state index contributed by atoms with van der Waals surface area (Å²) < 4.78 is 10.2. The van der Waals surface area contributed by atoms with Crippen LogP contribution in [0.15, 0.2) is 36.9 Å². The second kappa shape index (κ2) is 10.5. The van der Waals surface area contributed by atoms with Crippen LogP contribution in [0.3, 0.4) is 0 Å². The van der Waals surface area contributed by atoms with Gasteiger partial charge in [-0.15, -0.1) is 0 Å². The molecule has 1 saturated heterocycles. The van der Waals surface area contributed by atoms with Crippen molar-refractivity contribution in [2.24, 2.45) is 0 Å². The lowest BCUT2D eigenvalue weighted by Crippen LogP contribution is -2.41. The first-order chi connectivity index (χ1) is 12.2. The zero-order valence-corrected chi connectivity index (χ0v) is 14.5. The highest BCUT2D eigenvalue weighted by molar-refractivity contribution is 5.84. The molecule has 1 heterocycles. The molecule has 25 heavy (non-hydrogen) atoms. The Bertz CT molecular complexity index is 565. The number of rotatable bonds is 8. The molecule has 1 aromatic carbocycles. The molecule has 0 aliphatic carbocycles. The molecule has 2 rings (SSSR count). The molecule has 2 N–H and O–H groups in total. The first-order valence-corrected chi connectivity index (χ1v) is 8.72. The maximum atomic E-state index is 11.9. The largest absolute Gasteiger partial charge is 0.465 e. The summed E-state index contributed by atoms with van der Waals surface area (Å²) in [5, 5.41) is 5.82. The van der Waals surface area contributed by atoms with Gasteiger partial charge in [-0.2, -0.15) is 0 Å². The van der Waals surface area contributed by atoms with Crippen molar-refractivity contribution in [2.75, 3.05) is 25.1 Å². The van der Waals surface area contributed by atoms with E-state index in [9.17, 15) is 9.59 Å². The van der Waals surface area contributed by atoms with E-state index < -0.39 is 6.09 Å². The Morgan fingerprint density at radius 3 is 2.72 bits per heavy atom. The lowest BCUT2D eigenvalue weighted by atomic mass is 10.1. The number of nitrogens with one attached hydrogen (secondary N) is 2. The Balaban J connectivity index is 1.64. The fourth-order valence-corrected chi connectivity index (χ4v) is 2.65. The molecule has 0 spiro atoms. The minimum absolute atomic E-state index is 0.139. The van der Waals surface area contributed by atoms with E-state index in [1.807, 2.05) is 24.3 Å². The van der Waals surface area contributed by atoms with Gasteiger partial charge in [0.2, 0.25) is 0 Å². The van der Waals surface area contributed by atoms with Crippen LogP contribution >= 0.6 is 0 Å². The topological polar surface area (TPSA) is 76.7 Å². The SMILES string of the molecule is C=CCOC(=O)Nc1ccc(CCCOC(=O)C2CCCCN2)cc1.